The highest BCUT2D eigenvalue weighted by molar-refractivity contribution is 5.21. The minimum Gasteiger partial charge on any atom is -0.329 e. The summed E-state index contributed by atoms with van der Waals surface area (Å²) in [5.74, 6) is 0.794. The Bertz CT molecular complexity index is 420. The van der Waals surface area contributed by atoms with Crippen molar-refractivity contribution in [1.29, 1.82) is 0 Å². The molecule has 0 spiro atoms. The predicted octanol–water partition coefficient (Wildman–Crippen LogP) is 1.00. The lowest BCUT2D eigenvalue weighted by Crippen LogP contribution is -2.39. The van der Waals surface area contributed by atoms with E-state index in [1.807, 2.05) is 17.9 Å². The second-order valence-electron chi connectivity index (χ2n) is 6.25. The fraction of sp³-hybridized carbons (Fsp3) is 0.800. The SMILES string of the molecule is Cc1c(C(CN)N(C)CC2CCN(C)CC2)cnn1C. The van der Waals surface area contributed by atoms with Crippen LogP contribution in [-0.2, 0) is 7.05 Å². The van der Waals surface area contributed by atoms with Crippen LogP contribution in [0.2, 0.25) is 0 Å². The molecule has 0 aromatic carbocycles. The van der Waals surface area contributed by atoms with Gasteiger partial charge in [-0.2, -0.15) is 5.10 Å². The smallest absolute Gasteiger partial charge is 0.0540 e. The molecule has 0 saturated carbocycles. The highest BCUT2D eigenvalue weighted by atomic mass is 15.3. The van der Waals surface area contributed by atoms with Crippen molar-refractivity contribution in [2.75, 3.05) is 40.3 Å². The maximum Gasteiger partial charge on any atom is 0.0540 e. The molecule has 1 aliphatic heterocycles. The van der Waals surface area contributed by atoms with Crippen molar-refractivity contribution in [2.45, 2.75) is 25.8 Å². The molecule has 2 rings (SSSR count). The van der Waals surface area contributed by atoms with Crippen molar-refractivity contribution in [2.24, 2.45) is 18.7 Å². The van der Waals surface area contributed by atoms with Gasteiger partial charge in [-0.25, -0.2) is 0 Å². The van der Waals surface area contributed by atoms with Crippen molar-refractivity contribution in [1.82, 2.24) is 19.6 Å². The monoisotopic (exact) mass is 279 g/mol. The van der Waals surface area contributed by atoms with Crippen LogP contribution in [0, 0.1) is 12.8 Å². The molecule has 0 aliphatic carbocycles. The molecule has 5 heteroatoms. The number of nitrogens with two attached hydrogens (primary N) is 1. The molecule has 1 fully saturated rings. The zero-order valence-electron chi connectivity index (χ0n) is 13.3. The summed E-state index contributed by atoms with van der Waals surface area (Å²) in [5.41, 5.74) is 8.51. The first kappa shape index (κ1) is 15.5. The first-order valence-electron chi connectivity index (χ1n) is 7.60. The van der Waals surface area contributed by atoms with Gasteiger partial charge in [0, 0.05) is 31.4 Å². The number of aromatic nitrogens is 2. The molecule has 1 aliphatic rings. The average Bonchev–Trinajstić information content (AvgIpc) is 2.75. The van der Waals surface area contributed by atoms with Gasteiger partial charge >= 0.3 is 0 Å². The molecule has 2 N–H and O–H groups in total. The van der Waals surface area contributed by atoms with E-state index in [0.717, 1.165) is 12.5 Å². The number of piperidine rings is 1. The van der Waals surface area contributed by atoms with Gasteiger partial charge in [0.2, 0.25) is 0 Å². The largest absolute Gasteiger partial charge is 0.329 e. The summed E-state index contributed by atoms with van der Waals surface area (Å²) in [7, 11) is 6.40. The number of likely N-dealkylation sites (tertiary alicyclic amines) is 1. The third kappa shape index (κ3) is 3.40. The summed E-state index contributed by atoms with van der Waals surface area (Å²) in [6, 6.07) is 0.281. The van der Waals surface area contributed by atoms with E-state index in [0.29, 0.717) is 6.54 Å². The Hall–Kier alpha value is -0.910. The van der Waals surface area contributed by atoms with E-state index in [2.05, 4.69) is 35.9 Å². The fourth-order valence-corrected chi connectivity index (χ4v) is 3.17. The Morgan fingerprint density at radius 3 is 2.55 bits per heavy atom. The minimum absolute atomic E-state index is 0.281. The lowest BCUT2D eigenvalue weighted by molar-refractivity contribution is 0.151. The lowest BCUT2D eigenvalue weighted by Gasteiger charge is -2.34. The molecule has 1 aromatic heterocycles. The molecule has 0 radical (unpaired) electrons. The molecule has 0 amide bonds. The van der Waals surface area contributed by atoms with Crippen molar-refractivity contribution < 1.29 is 0 Å². The van der Waals surface area contributed by atoms with E-state index in [9.17, 15) is 0 Å². The average molecular weight is 279 g/mol. The number of hydrogen-bond acceptors (Lipinski definition) is 4. The summed E-state index contributed by atoms with van der Waals surface area (Å²) in [6.07, 6.45) is 4.56. The molecule has 114 valence electrons. The van der Waals surface area contributed by atoms with E-state index in [1.54, 1.807) is 0 Å². The number of rotatable bonds is 5. The lowest BCUT2D eigenvalue weighted by atomic mass is 9.95. The normalized spacial score (nSPS) is 19.7. The second kappa shape index (κ2) is 6.70. The Labute approximate surface area is 122 Å². The van der Waals surface area contributed by atoms with Crippen LogP contribution < -0.4 is 5.73 Å². The van der Waals surface area contributed by atoms with Gasteiger partial charge in [-0.15, -0.1) is 0 Å². The molecule has 1 atom stereocenters. The topological polar surface area (TPSA) is 50.3 Å². The highest BCUT2D eigenvalue weighted by Crippen LogP contribution is 2.24. The van der Waals surface area contributed by atoms with Gasteiger partial charge in [-0.1, -0.05) is 0 Å². The Morgan fingerprint density at radius 2 is 2.05 bits per heavy atom. The van der Waals surface area contributed by atoms with Gasteiger partial charge in [0.1, 0.15) is 0 Å². The maximum absolute atomic E-state index is 6.02. The molecule has 1 saturated heterocycles. The number of aryl methyl sites for hydroxylation is 1. The Morgan fingerprint density at radius 1 is 1.40 bits per heavy atom. The van der Waals surface area contributed by atoms with Crippen LogP contribution in [0.1, 0.15) is 30.1 Å². The molecule has 0 bridgehead atoms. The number of hydrogen-bond donors (Lipinski definition) is 1. The molecule has 1 unspecified atom stereocenters. The number of likely N-dealkylation sites (N-methyl/N-ethyl adjacent to an activating group) is 1. The molecule has 20 heavy (non-hydrogen) atoms. The number of nitrogens with zero attached hydrogens (tertiary/aromatic N) is 4. The molecule has 5 nitrogen and oxygen atoms in total. The van der Waals surface area contributed by atoms with E-state index in [4.69, 9.17) is 5.73 Å². The van der Waals surface area contributed by atoms with Crippen LogP contribution >= 0.6 is 0 Å². The summed E-state index contributed by atoms with van der Waals surface area (Å²) >= 11 is 0. The first-order chi connectivity index (χ1) is 9.52. The van der Waals surface area contributed by atoms with Gasteiger partial charge < -0.3 is 10.6 Å². The first-order valence-corrected chi connectivity index (χ1v) is 7.60. The van der Waals surface area contributed by atoms with Crippen molar-refractivity contribution in [3.05, 3.63) is 17.5 Å². The zero-order valence-corrected chi connectivity index (χ0v) is 13.3. The van der Waals surface area contributed by atoms with Gasteiger partial charge in [0.15, 0.2) is 0 Å². The molecule has 1 aromatic rings. The van der Waals surface area contributed by atoms with Crippen molar-refractivity contribution >= 4 is 0 Å². The highest BCUT2D eigenvalue weighted by Gasteiger charge is 2.24. The Kier molecular flexibility index (Phi) is 5.18. The Balaban J connectivity index is 1.99. The van der Waals surface area contributed by atoms with Gasteiger partial charge in [0.25, 0.3) is 0 Å². The maximum atomic E-state index is 6.02. The van der Waals surface area contributed by atoms with Crippen LogP contribution in [0.5, 0.6) is 0 Å². The van der Waals surface area contributed by atoms with Gasteiger partial charge in [0.05, 0.1) is 12.2 Å². The van der Waals surface area contributed by atoms with Crippen LogP contribution in [0.15, 0.2) is 6.20 Å². The van der Waals surface area contributed by atoms with E-state index in [-0.39, 0.29) is 6.04 Å². The van der Waals surface area contributed by atoms with E-state index >= 15 is 0 Å². The van der Waals surface area contributed by atoms with E-state index in [1.165, 1.54) is 37.2 Å². The predicted molar refractivity (Wildman–Crippen MR) is 82.6 cm³/mol. The standard InChI is InChI=1S/C15H29N5/c1-12-14(10-17-20(12)4)15(9-16)19(3)11-13-5-7-18(2)8-6-13/h10,13,15H,5-9,11,16H2,1-4H3. The van der Waals surface area contributed by atoms with Crippen molar-refractivity contribution in [3.8, 4) is 0 Å². The van der Waals surface area contributed by atoms with Crippen LogP contribution in [0.3, 0.4) is 0 Å². The third-order valence-corrected chi connectivity index (χ3v) is 4.77. The molecular weight excluding hydrogens is 250 g/mol. The van der Waals surface area contributed by atoms with Gasteiger partial charge in [-0.3, -0.25) is 9.58 Å². The van der Waals surface area contributed by atoms with Crippen LogP contribution in [0.4, 0.5) is 0 Å². The molecular formula is C15H29N5. The quantitative estimate of drug-likeness (QED) is 0.874. The fourth-order valence-electron chi connectivity index (χ4n) is 3.17. The van der Waals surface area contributed by atoms with Crippen molar-refractivity contribution in [3.63, 3.8) is 0 Å². The van der Waals surface area contributed by atoms with Crippen LogP contribution in [-0.4, -0.2) is 59.9 Å². The summed E-state index contributed by atoms with van der Waals surface area (Å²) in [5, 5.41) is 4.35. The molecule has 2 heterocycles. The van der Waals surface area contributed by atoms with Crippen LogP contribution in [0.25, 0.3) is 0 Å². The summed E-state index contributed by atoms with van der Waals surface area (Å²) in [4.78, 5) is 4.84. The minimum atomic E-state index is 0.281. The zero-order chi connectivity index (χ0) is 14.7. The second-order valence-corrected chi connectivity index (χ2v) is 6.25. The summed E-state index contributed by atoms with van der Waals surface area (Å²) < 4.78 is 1.93. The van der Waals surface area contributed by atoms with Gasteiger partial charge in [-0.05, 0) is 52.9 Å². The third-order valence-electron chi connectivity index (χ3n) is 4.77. The summed E-state index contributed by atoms with van der Waals surface area (Å²) in [6.45, 7) is 6.34. The van der Waals surface area contributed by atoms with E-state index < -0.39 is 0 Å².